The average molecular weight is 285 g/mol. The lowest BCUT2D eigenvalue weighted by molar-refractivity contribution is -0.384. The molecule has 0 atom stereocenters. The lowest BCUT2D eigenvalue weighted by atomic mass is 10.2. The number of carbonyl (C=O) groups is 1. The van der Waals surface area contributed by atoms with Crippen LogP contribution in [0.3, 0.4) is 0 Å². The van der Waals surface area contributed by atoms with Crippen molar-refractivity contribution < 1.29 is 14.8 Å². The molecule has 7 nitrogen and oxygen atoms in total. The molecule has 0 aliphatic heterocycles. The van der Waals surface area contributed by atoms with Gasteiger partial charge in [-0.05, 0) is 29.8 Å². The second kappa shape index (κ2) is 6.29. The summed E-state index contributed by atoms with van der Waals surface area (Å²) in [6.07, 6.45) is 1.35. The van der Waals surface area contributed by atoms with Crippen molar-refractivity contribution in [1.29, 1.82) is 0 Å². The minimum absolute atomic E-state index is 0.0228. The Morgan fingerprint density at radius 1 is 1.19 bits per heavy atom. The number of hydrazone groups is 1. The van der Waals surface area contributed by atoms with Crippen LogP contribution in [0.25, 0.3) is 0 Å². The van der Waals surface area contributed by atoms with Gasteiger partial charge in [-0.25, -0.2) is 5.43 Å². The highest BCUT2D eigenvalue weighted by Crippen LogP contribution is 2.15. The molecule has 0 aromatic heterocycles. The molecule has 0 saturated heterocycles. The van der Waals surface area contributed by atoms with Gasteiger partial charge in [-0.3, -0.25) is 14.9 Å². The zero-order valence-electron chi connectivity index (χ0n) is 10.8. The molecular formula is C14H11N3O4. The zero-order valence-corrected chi connectivity index (χ0v) is 10.8. The first kappa shape index (κ1) is 14.2. The van der Waals surface area contributed by atoms with Crippen LogP contribution in [-0.2, 0) is 0 Å². The molecule has 0 radical (unpaired) electrons. The van der Waals surface area contributed by atoms with E-state index in [-0.39, 0.29) is 17.0 Å². The number of aromatic hydroxyl groups is 1. The number of carbonyl (C=O) groups excluding carboxylic acids is 1. The normalized spacial score (nSPS) is 10.5. The van der Waals surface area contributed by atoms with E-state index in [2.05, 4.69) is 10.5 Å². The highest BCUT2D eigenvalue weighted by atomic mass is 16.6. The van der Waals surface area contributed by atoms with Gasteiger partial charge in [0.15, 0.2) is 0 Å². The fraction of sp³-hybridized carbons (Fsp3) is 0. The summed E-state index contributed by atoms with van der Waals surface area (Å²) in [5.74, 6) is -0.688. The van der Waals surface area contributed by atoms with Gasteiger partial charge in [0.1, 0.15) is 5.75 Å². The van der Waals surface area contributed by atoms with E-state index in [1.807, 2.05) is 0 Å². The molecule has 0 saturated carbocycles. The molecule has 0 aliphatic carbocycles. The number of rotatable bonds is 4. The molecule has 21 heavy (non-hydrogen) atoms. The summed E-state index contributed by atoms with van der Waals surface area (Å²) in [5, 5.41) is 23.7. The lowest BCUT2D eigenvalue weighted by Crippen LogP contribution is -2.17. The van der Waals surface area contributed by atoms with Crippen molar-refractivity contribution in [2.45, 2.75) is 0 Å². The van der Waals surface area contributed by atoms with Crippen LogP contribution in [0, 0.1) is 10.1 Å². The largest absolute Gasteiger partial charge is 0.507 e. The molecule has 0 aliphatic rings. The highest BCUT2D eigenvalue weighted by molar-refractivity contribution is 5.97. The van der Waals surface area contributed by atoms with Crippen LogP contribution in [0.5, 0.6) is 5.75 Å². The summed E-state index contributed by atoms with van der Waals surface area (Å²) in [7, 11) is 0. The van der Waals surface area contributed by atoms with Gasteiger partial charge in [-0.2, -0.15) is 5.10 Å². The van der Waals surface area contributed by atoms with E-state index < -0.39 is 10.8 Å². The summed E-state index contributed by atoms with van der Waals surface area (Å²) in [6.45, 7) is 0. The minimum Gasteiger partial charge on any atom is -0.507 e. The predicted octanol–water partition coefficient (Wildman–Crippen LogP) is 2.06. The van der Waals surface area contributed by atoms with Gasteiger partial charge >= 0.3 is 0 Å². The number of phenols is 1. The average Bonchev–Trinajstić information content (AvgIpc) is 2.48. The van der Waals surface area contributed by atoms with Gasteiger partial charge in [0.2, 0.25) is 0 Å². The Morgan fingerprint density at radius 3 is 2.48 bits per heavy atom. The van der Waals surface area contributed by atoms with Crippen molar-refractivity contribution in [2.24, 2.45) is 5.10 Å². The highest BCUT2D eigenvalue weighted by Gasteiger charge is 2.08. The molecule has 0 spiro atoms. The Bertz CT molecular complexity index is 696. The number of hydrogen-bond acceptors (Lipinski definition) is 5. The van der Waals surface area contributed by atoms with Gasteiger partial charge in [-0.15, -0.1) is 0 Å². The molecular weight excluding hydrogens is 274 g/mol. The molecule has 2 N–H and O–H groups in total. The number of phenolic OH excluding ortho intramolecular Hbond substituents is 1. The van der Waals surface area contributed by atoms with Gasteiger partial charge in [0.05, 0.1) is 16.7 Å². The van der Waals surface area contributed by atoms with Crippen LogP contribution >= 0.6 is 0 Å². The van der Waals surface area contributed by atoms with Gasteiger partial charge in [-0.1, -0.05) is 12.1 Å². The number of nitro benzene ring substituents is 1. The van der Waals surface area contributed by atoms with Crippen LogP contribution in [-0.4, -0.2) is 22.2 Å². The standard InChI is InChI=1S/C14H11N3O4/c18-13-4-2-1-3-12(13)14(19)16-15-9-10-5-7-11(8-6-10)17(20)21/h1-9,18H,(H,16,19)/b15-9-. The van der Waals surface area contributed by atoms with Crippen LogP contribution in [0.1, 0.15) is 15.9 Å². The zero-order chi connectivity index (χ0) is 15.2. The molecule has 0 unspecified atom stereocenters. The fourth-order valence-corrected chi connectivity index (χ4v) is 1.57. The molecule has 2 rings (SSSR count). The number of nitrogens with zero attached hydrogens (tertiary/aromatic N) is 2. The van der Waals surface area contributed by atoms with Gasteiger partial charge in [0.25, 0.3) is 11.6 Å². The maximum absolute atomic E-state index is 11.7. The maximum Gasteiger partial charge on any atom is 0.275 e. The molecule has 2 aromatic rings. The van der Waals surface area contributed by atoms with E-state index in [0.717, 1.165) is 0 Å². The Balaban J connectivity index is 2.01. The second-order valence-corrected chi connectivity index (χ2v) is 4.06. The van der Waals surface area contributed by atoms with Crippen molar-refractivity contribution in [3.05, 3.63) is 69.8 Å². The molecule has 0 bridgehead atoms. The van der Waals surface area contributed by atoms with E-state index in [1.165, 1.54) is 42.6 Å². The lowest BCUT2D eigenvalue weighted by Gasteiger charge is -2.01. The minimum atomic E-state index is -0.550. The molecule has 2 aromatic carbocycles. The Hall–Kier alpha value is -3.22. The summed E-state index contributed by atoms with van der Waals surface area (Å²) < 4.78 is 0. The third kappa shape index (κ3) is 3.63. The first-order chi connectivity index (χ1) is 10.1. The van der Waals surface area contributed by atoms with Crippen LogP contribution in [0.4, 0.5) is 5.69 Å². The van der Waals surface area contributed by atoms with Crippen molar-refractivity contribution in [3.8, 4) is 5.75 Å². The van der Waals surface area contributed by atoms with Crippen molar-refractivity contribution in [1.82, 2.24) is 5.43 Å². The van der Waals surface area contributed by atoms with Crippen LogP contribution in [0.15, 0.2) is 53.6 Å². The fourth-order valence-electron chi connectivity index (χ4n) is 1.57. The van der Waals surface area contributed by atoms with E-state index in [0.29, 0.717) is 5.56 Å². The molecule has 106 valence electrons. The maximum atomic E-state index is 11.7. The Morgan fingerprint density at radius 2 is 1.86 bits per heavy atom. The molecule has 7 heteroatoms. The molecule has 0 fully saturated rings. The summed E-state index contributed by atoms with van der Waals surface area (Å²) in [4.78, 5) is 21.7. The number of non-ortho nitro benzene ring substituents is 1. The second-order valence-electron chi connectivity index (χ2n) is 4.06. The van der Waals surface area contributed by atoms with E-state index in [1.54, 1.807) is 12.1 Å². The van der Waals surface area contributed by atoms with Crippen LogP contribution in [0.2, 0.25) is 0 Å². The monoisotopic (exact) mass is 285 g/mol. The molecule has 0 heterocycles. The topological polar surface area (TPSA) is 105 Å². The summed E-state index contributed by atoms with van der Waals surface area (Å²) >= 11 is 0. The van der Waals surface area contributed by atoms with Crippen molar-refractivity contribution in [2.75, 3.05) is 0 Å². The van der Waals surface area contributed by atoms with Gasteiger partial charge < -0.3 is 5.11 Å². The Kier molecular flexibility index (Phi) is 4.25. The first-order valence-electron chi connectivity index (χ1n) is 5.94. The Labute approximate surface area is 119 Å². The number of benzene rings is 2. The predicted molar refractivity (Wildman–Crippen MR) is 76.3 cm³/mol. The summed E-state index contributed by atoms with van der Waals surface area (Å²) in [6, 6.07) is 11.8. The number of nitrogens with one attached hydrogen (secondary N) is 1. The van der Waals surface area contributed by atoms with E-state index in [4.69, 9.17) is 0 Å². The SMILES string of the molecule is O=C(N/N=C\c1ccc([N+](=O)[O-])cc1)c1ccccc1O. The van der Waals surface area contributed by atoms with E-state index in [9.17, 15) is 20.0 Å². The van der Waals surface area contributed by atoms with Gasteiger partial charge in [0, 0.05) is 12.1 Å². The number of nitro groups is 1. The quantitative estimate of drug-likeness (QED) is 0.509. The number of para-hydroxylation sites is 1. The molecule has 1 amide bonds. The number of hydrogen-bond donors (Lipinski definition) is 2. The van der Waals surface area contributed by atoms with E-state index >= 15 is 0 Å². The van der Waals surface area contributed by atoms with Crippen LogP contribution < -0.4 is 5.43 Å². The smallest absolute Gasteiger partial charge is 0.275 e. The first-order valence-corrected chi connectivity index (χ1v) is 5.94. The third-order valence-corrected chi connectivity index (χ3v) is 2.63. The van der Waals surface area contributed by atoms with Crippen molar-refractivity contribution in [3.63, 3.8) is 0 Å². The number of amides is 1. The third-order valence-electron chi connectivity index (χ3n) is 2.63. The van der Waals surface area contributed by atoms with Crippen molar-refractivity contribution >= 4 is 17.8 Å². The summed E-state index contributed by atoms with van der Waals surface area (Å²) in [5.41, 5.74) is 2.94.